The second-order valence-electron chi connectivity index (χ2n) is 12.2. The van der Waals surface area contributed by atoms with Gasteiger partial charge in [0.2, 0.25) is 5.95 Å². The third-order valence-electron chi connectivity index (χ3n) is 9.29. The third-order valence-corrected chi connectivity index (χ3v) is 9.29. The van der Waals surface area contributed by atoms with Gasteiger partial charge in [-0.25, -0.2) is 4.98 Å². The minimum Gasteiger partial charge on any atom is -0.456 e. The molecule has 4 heterocycles. The van der Waals surface area contributed by atoms with E-state index in [1.54, 1.807) is 18.2 Å². The van der Waals surface area contributed by atoms with Crippen molar-refractivity contribution >= 4 is 65.7 Å². The van der Waals surface area contributed by atoms with Gasteiger partial charge in [0.1, 0.15) is 22.3 Å². The first-order chi connectivity index (χ1) is 29.0. The van der Waals surface area contributed by atoms with Crippen molar-refractivity contribution in [2.45, 2.75) is 0 Å². The first kappa shape index (κ1) is 20.5. The van der Waals surface area contributed by atoms with Crippen LogP contribution in [0.15, 0.2) is 166 Å². The highest BCUT2D eigenvalue weighted by atomic mass is 16.3. The van der Waals surface area contributed by atoms with Crippen molar-refractivity contribution in [3.63, 3.8) is 0 Å². The predicted molar refractivity (Wildman–Crippen MR) is 205 cm³/mol. The highest BCUT2D eigenvalue weighted by molar-refractivity contribution is 6.13. The maximum absolute atomic E-state index is 9.26. The molecule has 11 rings (SSSR count). The van der Waals surface area contributed by atoms with E-state index in [1.165, 1.54) is 4.57 Å². The number of hydrogen-bond acceptors (Lipinski definition) is 5. The average molecular weight is 664 g/mol. The summed E-state index contributed by atoms with van der Waals surface area (Å²) in [5.74, 6) is 0.366. The first-order valence-electron chi connectivity index (χ1n) is 20.7. The maximum atomic E-state index is 9.26. The molecule has 6 heteroatoms. The summed E-state index contributed by atoms with van der Waals surface area (Å²) in [6, 6.07) is 27.3. The van der Waals surface area contributed by atoms with Gasteiger partial charge < -0.3 is 8.83 Å². The SMILES string of the molecule is [2H]c1c([2H])c([2H])c(-c2cccc3c4c([2H])c([2H])c([2H])c([2H])c4n(-c4nc(-c5ccc6c(c5)oc5ccccc56)nc(-c5ccc6c(c5)oc5ccccc56)n4)c23)c([2H])c1[2H]. The van der Waals surface area contributed by atoms with Gasteiger partial charge in [0, 0.05) is 49.0 Å². The zero-order chi connectivity index (χ0) is 41.3. The Bertz CT molecular complexity index is 3530. The third kappa shape index (κ3) is 4.26. The fraction of sp³-hybridized carbons (Fsp3) is 0. The molecule has 238 valence electrons. The number of furan rings is 2. The molecule has 0 radical (unpaired) electrons. The van der Waals surface area contributed by atoms with Crippen LogP contribution in [0.2, 0.25) is 0 Å². The van der Waals surface area contributed by atoms with Crippen LogP contribution in [0.25, 0.3) is 106 Å². The van der Waals surface area contributed by atoms with E-state index in [-0.39, 0.29) is 57.2 Å². The molecule has 0 aliphatic heterocycles. The monoisotopic (exact) mass is 663 g/mol. The molecule has 0 amide bonds. The summed E-state index contributed by atoms with van der Waals surface area (Å²) in [4.78, 5) is 15.0. The van der Waals surface area contributed by atoms with Crippen molar-refractivity contribution in [2.75, 3.05) is 0 Å². The van der Waals surface area contributed by atoms with E-state index in [2.05, 4.69) is 0 Å². The second-order valence-corrected chi connectivity index (χ2v) is 12.2. The summed E-state index contributed by atoms with van der Waals surface area (Å²) in [7, 11) is 0. The van der Waals surface area contributed by atoms with Crippen molar-refractivity contribution in [2.24, 2.45) is 0 Å². The van der Waals surface area contributed by atoms with Crippen molar-refractivity contribution in [3.05, 3.63) is 158 Å². The first-order valence-corrected chi connectivity index (χ1v) is 16.2. The Hall–Kier alpha value is -7.05. The molecule has 51 heavy (non-hydrogen) atoms. The number of hydrogen-bond donors (Lipinski definition) is 0. The fourth-order valence-corrected chi connectivity index (χ4v) is 7.01. The van der Waals surface area contributed by atoms with Crippen LogP contribution in [0.3, 0.4) is 0 Å². The van der Waals surface area contributed by atoms with Crippen LogP contribution in [0.5, 0.6) is 0 Å². The number of rotatable bonds is 4. The molecule has 0 fully saturated rings. The zero-order valence-corrected chi connectivity index (χ0v) is 26.4. The lowest BCUT2D eigenvalue weighted by molar-refractivity contribution is 0.668. The van der Waals surface area contributed by atoms with Gasteiger partial charge in [0.05, 0.1) is 23.4 Å². The van der Waals surface area contributed by atoms with Crippen LogP contribution in [-0.2, 0) is 0 Å². The van der Waals surface area contributed by atoms with E-state index >= 15 is 0 Å². The lowest BCUT2D eigenvalue weighted by Gasteiger charge is -2.13. The number of para-hydroxylation sites is 4. The van der Waals surface area contributed by atoms with E-state index in [1.807, 2.05) is 84.9 Å². The fourth-order valence-electron chi connectivity index (χ4n) is 7.01. The van der Waals surface area contributed by atoms with Crippen LogP contribution in [0, 0.1) is 0 Å². The minimum atomic E-state index is -0.560. The highest BCUT2D eigenvalue weighted by Gasteiger charge is 2.21. The molecule has 0 unspecified atom stereocenters. The van der Waals surface area contributed by atoms with Crippen LogP contribution in [0.4, 0.5) is 0 Å². The largest absolute Gasteiger partial charge is 0.456 e. The van der Waals surface area contributed by atoms with Crippen LogP contribution in [-0.4, -0.2) is 19.5 Å². The molecule has 4 aromatic heterocycles. The molecule has 6 nitrogen and oxygen atoms in total. The van der Waals surface area contributed by atoms with Gasteiger partial charge in [-0.3, -0.25) is 4.57 Å². The smallest absolute Gasteiger partial charge is 0.238 e. The summed E-state index contributed by atoms with van der Waals surface area (Å²) in [6.07, 6.45) is 0. The van der Waals surface area contributed by atoms with Crippen LogP contribution >= 0.6 is 0 Å². The van der Waals surface area contributed by atoms with E-state index in [0.29, 0.717) is 38.8 Å². The molecule has 0 aliphatic carbocycles. The number of nitrogens with zero attached hydrogens (tertiary/aromatic N) is 4. The van der Waals surface area contributed by atoms with E-state index in [0.717, 1.165) is 21.5 Å². The molecule has 11 aromatic rings. The van der Waals surface area contributed by atoms with Gasteiger partial charge in [0.15, 0.2) is 11.6 Å². The molecule has 0 spiro atoms. The van der Waals surface area contributed by atoms with Crippen molar-refractivity contribution < 1.29 is 21.2 Å². The van der Waals surface area contributed by atoms with Gasteiger partial charge >= 0.3 is 0 Å². The molecule has 0 bridgehead atoms. The van der Waals surface area contributed by atoms with E-state index in [4.69, 9.17) is 34.8 Å². The Kier molecular flexibility index (Phi) is 4.30. The van der Waals surface area contributed by atoms with Gasteiger partial charge in [0.25, 0.3) is 0 Å². The van der Waals surface area contributed by atoms with Crippen molar-refractivity contribution in [1.82, 2.24) is 19.5 Å². The summed E-state index contributed by atoms with van der Waals surface area (Å²) in [6.45, 7) is 0. The molecule has 0 saturated heterocycles. The molecule has 0 aliphatic rings. The summed E-state index contributed by atoms with van der Waals surface area (Å²) in [5.41, 5.74) is 4.02. The lowest BCUT2D eigenvalue weighted by atomic mass is 10.0. The molecule has 0 N–H and O–H groups in total. The number of fused-ring (bicyclic) bond motifs is 9. The van der Waals surface area contributed by atoms with Crippen LogP contribution < -0.4 is 0 Å². The van der Waals surface area contributed by atoms with Gasteiger partial charge in [-0.2, -0.15) is 9.97 Å². The average Bonchev–Trinajstić information content (AvgIpc) is 3.95. The molecular formula is C45H26N4O2. The predicted octanol–water partition coefficient (Wildman–Crippen LogP) is 11.8. The Labute approximate surface area is 303 Å². The normalized spacial score (nSPS) is 14.4. The van der Waals surface area contributed by atoms with Crippen molar-refractivity contribution in [3.8, 4) is 39.9 Å². The van der Waals surface area contributed by atoms with Crippen LogP contribution in [0.1, 0.15) is 12.3 Å². The standard InChI is InChI=1S/C45H26N4O2/c1-2-11-27(12-3-1)30-16-10-17-36-31-13-4-7-18-37(31)49(42(30)36)45-47-43(28-21-23-34-32-14-5-8-19-38(32)50-40(34)25-28)46-44(48-45)29-22-24-35-33-15-6-9-20-39(33)51-41(35)26-29/h1-26H/i1D,2D,3D,4D,7D,11D,12D,13D,18D. The van der Waals surface area contributed by atoms with Crippen molar-refractivity contribution in [1.29, 1.82) is 0 Å². The highest BCUT2D eigenvalue weighted by Crippen LogP contribution is 2.39. The Morgan fingerprint density at radius 2 is 1.02 bits per heavy atom. The molecule has 0 atom stereocenters. The lowest BCUT2D eigenvalue weighted by Crippen LogP contribution is -2.07. The Balaban J connectivity index is 1.27. The van der Waals surface area contributed by atoms with E-state index < -0.39 is 42.3 Å². The molecular weight excluding hydrogens is 629 g/mol. The van der Waals surface area contributed by atoms with Gasteiger partial charge in [-0.15, -0.1) is 0 Å². The maximum Gasteiger partial charge on any atom is 0.238 e. The van der Waals surface area contributed by atoms with Gasteiger partial charge in [-0.1, -0.05) is 115 Å². The number of benzene rings is 7. The Morgan fingerprint density at radius 1 is 0.451 bits per heavy atom. The summed E-state index contributed by atoms with van der Waals surface area (Å²) < 4.78 is 92.9. The number of aromatic nitrogens is 4. The Morgan fingerprint density at radius 3 is 1.69 bits per heavy atom. The minimum absolute atomic E-state index is 0.0272. The summed E-state index contributed by atoms with van der Waals surface area (Å²) in [5, 5.41) is 4.13. The summed E-state index contributed by atoms with van der Waals surface area (Å²) >= 11 is 0. The molecule has 7 aromatic carbocycles. The topological polar surface area (TPSA) is 69.9 Å². The zero-order valence-electron chi connectivity index (χ0n) is 35.4. The molecule has 0 saturated carbocycles. The van der Waals surface area contributed by atoms with Gasteiger partial charge in [-0.05, 0) is 48.0 Å². The second kappa shape index (κ2) is 10.7. The quantitative estimate of drug-likeness (QED) is 0.187. The van der Waals surface area contributed by atoms with E-state index in [9.17, 15) is 1.37 Å².